The number of ether oxygens (including phenoxy) is 1. The Balaban J connectivity index is 1.66. The largest absolute Gasteiger partial charge is 0.507 e. The minimum atomic E-state index is -0.634. The highest BCUT2D eigenvalue weighted by molar-refractivity contribution is 7.10. The number of thiophene rings is 1. The number of ketones is 1. The van der Waals surface area contributed by atoms with Gasteiger partial charge in [0.05, 0.1) is 36.1 Å². The van der Waals surface area contributed by atoms with Crippen molar-refractivity contribution in [1.29, 1.82) is 0 Å². The minimum Gasteiger partial charge on any atom is -0.507 e. The van der Waals surface area contributed by atoms with Gasteiger partial charge >= 0.3 is 0 Å². The highest BCUT2D eigenvalue weighted by Crippen LogP contribution is 2.41. The lowest BCUT2D eigenvalue weighted by atomic mass is 9.99. The number of nitrogens with zero attached hydrogens (tertiary/aromatic N) is 4. The quantitative estimate of drug-likeness (QED) is 0.418. The first-order valence-corrected chi connectivity index (χ1v) is 11.4. The minimum absolute atomic E-state index is 0.143. The van der Waals surface area contributed by atoms with Crippen LogP contribution in [0.25, 0.3) is 5.76 Å². The monoisotopic (exact) mass is 444 g/mol. The molecule has 2 aliphatic heterocycles. The second-order valence-corrected chi connectivity index (χ2v) is 8.96. The molecule has 2 aromatic rings. The number of hydrogen-bond acceptors (Lipinski definition) is 7. The van der Waals surface area contributed by atoms with Crippen molar-refractivity contribution in [2.45, 2.75) is 26.3 Å². The van der Waals surface area contributed by atoms with Crippen molar-refractivity contribution in [2.24, 2.45) is 7.05 Å². The van der Waals surface area contributed by atoms with Crippen LogP contribution in [0.2, 0.25) is 0 Å². The van der Waals surface area contributed by atoms with Crippen LogP contribution < -0.4 is 0 Å². The molecule has 2 saturated heterocycles. The van der Waals surface area contributed by atoms with Crippen molar-refractivity contribution < 1.29 is 19.4 Å². The fraction of sp³-hybridized carbons (Fsp3) is 0.500. The summed E-state index contributed by atoms with van der Waals surface area (Å²) in [5.74, 6) is -1.33. The summed E-state index contributed by atoms with van der Waals surface area (Å²) in [7, 11) is 1.79. The average Bonchev–Trinajstić information content (AvgIpc) is 3.43. The maximum atomic E-state index is 13.1. The summed E-state index contributed by atoms with van der Waals surface area (Å²) in [6.07, 6.45) is 0.750. The molecular weight excluding hydrogens is 416 g/mol. The molecule has 9 heteroatoms. The van der Waals surface area contributed by atoms with Crippen molar-refractivity contribution in [2.75, 3.05) is 39.4 Å². The molecule has 2 aromatic heterocycles. The van der Waals surface area contributed by atoms with Gasteiger partial charge in [0, 0.05) is 43.8 Å². The molecule has 2 aliphatic rings. The van der Waals surface area contributed by atoms with E-state index in [1.54, 1.807) is 23.6 Å². The summed E-state index contributed by atoms with van der Waals surface area (Å²) >= 11 is 1.48. The molecule has 0 bridgehead atoms. The van der Waals surface area contributed by atoms with E-state index in [0.29, 0.717) is 17.8 Å². The highest BCUT2D eigenvalue weighted by atomic mass is 32.1. The zero-order valence-electron chi connectivity index (χ0n) is 18.1. The molecule has 166 valence electrons. The van der Waals surface area contributed by atoms with Gasteiger partial charge in [-0.3, -0.25) is 19.2 Å². The van der Waals surface area contributed by atoms with E-state index in [2.05, 4.69) is 10.00 Å². The zero-order valence-corrected chi connectivity index (χ0v) is 18.9. The van der Waals surface area contributed by atoms with Crippen molar-refractivity contribution in [3.63, 3.8) is 0 Å². The number of rotatable bonds is 6. The summed E-state index contributed by atoms with van der Waals surface area (Å²) in [6.45, 7) is 8.14. The van der Waals surface area contributed by atoms with Gasteiger partial charge in [0.25, 0.3) is 11.7 Å². The highest BCUT2D eigenvalue weighted by Gasteiger charge is 2.46. The van der Waals surface area contributed by atoms with Gasteiger partial charge in [0.2, 0.25) is 0 Å². The van der Waals surface area contributed by atoms with E-state index in [9.17, 15) is 14.7 Å². The molecule has 0 saturated carbocycles. The molecular formula is C22H28N4O4S. The van der Waals surface area contributed by atoms with Gasteiger partial charge in [-0.05, 0) is 31.7 Å². The molecule has 1 amide bonds. The van der Waals surface area contributed by atoms with Crippen molar-refractivity contribution >= 4 is 28.8 Å². The summed E-state index contributed by atoms with van der Waals surface area (Å²) in [5, 5.41) is 17.5. The average molecular weight is 445 g/mol. The van der Waals surface area contributed by atoms with Crippen molar-refractivity contribution in [1.82, 2.24) is 19.6 Å². The van der Waals surface area contributed by atoms with Crippen LogP contribution >= 0.6 is 11.3 Å². The number of amides is 1. The first-order chi connectivity index (χ1) is 14.9. The SMILES string of the molecule is Cc1nn(C)c(C)c1C(O)=C1C(=O)C(=O)N(CCCN2CCOCC2)[C@H]1c1cccs1. The molecule has 1 N–H and O–H groups in total. The number of morpholine rings is 1. The molecule has 4 rings (SSSR count). The predicted octanol–water partition coefficient (Wildman–Crippen LogP) is 2.24. The molecule has 4 heterocycles. The normalized spacial score (nSPS) is 21.9. The van der Waals surface area contributed by atoms with Gasteiger partial charge in [-0.1, -0.05) is 6.07 Å². The van der Waals surface area contributed by atoms with Crippen LogP contribution in [0.1, 0.15) is 34.3 Å². The van der Waals surface area contributed by atoms with Crippen LogP contribution in [0.4, 0.5) is 0 Å². The van der Waals surface area contributed by atoms with Crippen LogP contribution in [-0.2, 0) is 21.4 Å². The van der Waals surface area contributed by atoms with Crippen LogP contribution in [0, 0.1) is 13.8 Å². The molecule has 0 radical (unpaired) electrons. The molecule has 31 heavy (non-hydrogen) atoms. The van der Waals surface area contributed by atoms with Gasteiger partial charge in [-0.25, -0.2) is 0 Å². The Morgan fingerprint density at radius 1 is 1.26 bits per heavy atom. The lowest BCUT2D eigenvalue weighted by molar-refractivity contribution is -0.140. The Hall–Kier alpha value is -2.49. The zero-order chi connectivity index (χ0) is 22.1. The van der Waals surface area contributed by atoms with E-state index in [1.807, 2.05) is 24.4 Å². The smallest absolute Gasteiger partial charge is 0.295 e. The van der Waals surface area contributed by atoms with Crippen LogP contribution in [-0.4, -0.2) is 75.8 Å². The molecule has 2 fully saturated rings. The number of aryl methyl sites for hydroxylation is 2. The van der Waals surface area contributed by atoms with Gasteiger partial charge in [-0.2, -0.15) is 5.10 Å². The standard InChI is InChI=1S/C22H28N4O4S/c1-14-17(15(2)24(3)23-14)20(27)18-19(16-6-4-13-31-16)26(22(29)21(18)28)8-5-7-25-9-11-30-12-10-25/h4,6,13,19,27H,5,7-12H2,1-3H3/t19-/m0/s1. The first-order valence-electron chi connectivity index (χ1n) is 10.5. The molecule has 0 aromatic carbocycles. The van der Waals surface area contributed by atoms with Crippen LogP contribution in [0.15, 0.2) is 23.1 Å². The number of carbonyl (C=O) groups is 2. The molecule has 8 nitrogen and oxygen atoms in total. The van der Waals surface area contributed by atoms with Crippen molar-refractivity contribution in [3.05, 3.63) is 44.9 Å². The summed E-state index contributed by atoms with van der Waals surface area (Å²) < 4.78 is 7.06. The summed E-state index contributed by atoms with van der Waals surface area (Å²) in [6, 6.07) is 3.23. The van der Waals surface area contributed by atoms with E-state index in [4.69, 9.17) is 4.74 Å². The summed E-state index contributed by atoms with van der Waals surface area (Å²) in [4.78, 5) is 30.9. The number of Topliss-reactive ketones (excluding diaryl/α,β-unsaturated/α-hetero) is 1. The number of likely N-dealkylation sites (tertiary alicyclic amines) is 1. The van der Waals surface area contributed by atoms with Crippen molar-refractivity contribution in [3.8, 4) is 0 Å². The molecule has 0 spiro atoms. The maximum absolute atomic E-state index is 13.1. The second kappa shape index (κ2) is 8.94. The van der Waals surface area contributed by atoms with Gasteiger partial charge in [0.15, 0.2) is 0 Å². The number of aromatic nitrogens is 2. The fourth-order valence-corrected chi connectivity index (χ4v) is 5.24. The third kappa shape index (κ3) is 4.05. The third-order valence-electron chi connectivity index (χ3n) is 6.08. The lowest BCUT2D eigenvalue weighted by Crippen LogP contribution is -2.38. The predicted molar refractivity (Wildman–Crippen MR) is 118 cm³/mol. The van der Waals surface area contributed by atoms with E-state index >= 15 is 0 Å². The number of aliphatic hydroxyl groups is 1. The van der Waals surface area contributed by atoms with Gasteiger partial charge < -0.3 is 14.7 Å². The second-order valence-electron chi connectivity index (χ2n) is 7.98. The molecule has 0 unspecified atom stereocenters. The number of aliphatic hydroxyl groups excluding tert-OH is 1. The van der Waals surface area contributed by atoms with Crippen LogP contribution in [0.3, 0.4) is 0 Å². The Kier molecular flexibility index (Phi) is 6.27. The third-order valence-corrected chi connectivity index (χ3v) is 7.00. The lowest BCUT2D eigenvalue weighted by Gasteiger charge is -2.28. The number of hydrogen-bond donors (Lipinski definition) is 1. The van der Waals surface area contributed by atoms with E-state index < -0.39 is 17.7 Å². The Morgan fingerprint density at radius 3 is 2.61 bits per heavy atom. The van der Waals surface area contributed by atoms with Gasteiger partial charge in [-0.15, -0.1) is 11.3 Å². The maximum Gasteiger partial charge on any atom is 0.295 e. The summed E-state index contributed by atoms with van der Waals surface area (Å²) in [5.41, 5.74) is 2.05. The molecule has 0 aliphatic carbocycles. The Morgan fingerprint density at radius 2 is 2.00 bits per heavy atom. The number of carbonyl (C=O) groups excluding carboxylic acids is 2. The van der Waals surface area contributed by atoms with E-state index in [-0.39, 0.29) is 11.3 Å². The topological polar surface area (TPSA) is 87.9 Å². The molecule has 1 atom stereocenters. The fourth-order valence-electron chi connectivity index (χ4n) is 4.39. The van der Waals surface area contributed by atoms with E-state index in [1.165, 1.54) is 11.3 Å². The first kappa shape index (κ1) is 21.7. The van der Waals surface area contributed by atoms with Gasteiger partial charge in [0.1, 0.15) is 5.76 Å². The Labute approximate surface area is 185 Å². The Bertz CT molecular complexity index is 1010. The van der Waals surface area contributed by atoms with Crippen LogP contribution in [0.5, 0.6) is 0 Å². The van der Waals surface area contributed by atoms with E-state index in [0.717, 1.165) is 49.8 Å².